The lowest BCUT2D eigenvalue weighted by molar-refractivity contribution is -0.138. The Morgan fingerprint density at radius 2 is 2.25 bits per heavy atom. The normalized spacial score (nSPS) is 24.6. The minimum Gasteiger partial charge on any atom is -0.480 e. The zero-order chi connectivity index (χ0) is 11.7. The van der Waals surface area contributed by atoms with Crippen LogP contribution in [-0.4, -0.2) is 22.9 Å². The fourth-order valence-corrected chi connectivity index (χ4v) is 3.24. The number of rotatable bonds is 2. The van der Waals surface area contributed by atoms with Gasteiger partial charge in [0, 0.05) is 15.8 Å². The smallest absolute Gasteiger partial charge is 0.321 e. The Kier molecular flexibility index (Phi) is 3.64. The summed E-state index contributed by atoms with van der Waals surface area (Å²) >= 11 is 13.4. The van der Waals surface area contributed by atoms with Crippen molar-refractivity contribution < 1.29 is 9.90 Å². The Hall–Kier alpha value is -0.420. The minimum absolute atomic E-state index is 0.104. The predicted octanol–water partition coefficient (Wildman–Crippen LogP) is 2.78. The molecule has 0 bridgehead atoms. The second-order valence-corrected chi connectivity index (χ2v) is 5.42. The van der Waals surface area contributed by atoms with E-state index in [0.29, 0.717) is 15.8 Å². The van der Waals surface area contributed by atoms with Crippen molar-refractivity contribution in [2.45, 2.75) is 11.4 Å². The van der Waals surface area contributed by atoms with Crippen LogP contribution in [0.4, 0.5) is 0 Å². The summed E-state index contributed by atoms with van der Waals surface area (Å²) in [7, 11) is 0. The van der Waals surface area contributed by atoms with Crippen molar-refractivity contribution in [2.75, 3.05) is 5.75 Å². The highest BCUT2D eigenvalue weighted by Crippen LogP contribution is 2.37. The highest BCUT2D eigenvalue weighted by atomic mass is 35.5. The molecule has 1 aliphatic rings. The third kappa shape index (κ3) is 2.46. The van der Waals surface area contributed by atoms with E-state index in [-0.39, 0.29) is 5.37 Å². The molecule has 86 valence electrons. The van der Waals surface area contributed by atoms with Gasteiger partial charge in [0.2, 0.25) is 0 Å². The van der Waals surface area contributed by atoms with Gasteiger partial charge in [0.15, 0.2) is 0 Å². The van der Waals surface area contributed by atoms with Gasteiger partial charge in [0.25, 0.3) is 0 Å². The molecule has 6 heteroatoms. The molecule has 2 unspecified atom stereocenters. The van der Waals surface area contributed by atoms with Crippen LogP contribution in [0.5, 0.6) is 0 Å². The van der Waals surface area contributed by atoms with Crippen molar-refractivity contribution in [3.8, 4) is 0 Å². The van der Waals surface area contributed by atoms with Crippen LogP contribution >= 0.6 is 35.0 Å². The number of thioether (sulfide) groups is 1. The molecule has 1 heterocycles. The first-order chi connectivity index (χ1) is 7.58. The van der Waals surface area contributed by atoms with E-state index >= 15 is 0 Å². The molecule has 1 saturated heterocycles. The molecule has 1 aromatic rings. The van der Waals surface area contributed by atoms with Crippen LogP contribution in [0.3, 0.4) is 0 Å². The van der Waals surface area contributed by atoms with E-state index in [4.69, 9.17) is 28.3 Å². The van der Waals surface area contributed by atoms with Crippen LogP contribution < -0.4 is 5.32 Å². The van der Waals surface area contributed by atoms with Gasteiger partial charge in [0.1, 0.15) is 6.04 Å². The van der Waals surface area contributed by atoms with Gasteiger partial charge in [-0.25, -0.2) is 0 Å². The Labute approximate surface area is 107 Å². The SMILES string of the molecule is O=C(O)C1CSC(c2cc(Cl)ccc2Cl)N1. The first-order valence-corrected chi connectivity index (χ1v) is 6.44. The van der Waals surface area contributed by atoms with Gasteiger partial charge in [-0.2, -0.15) is 0 Å². The zero-order valence-electron chi connectivity index (χ0n) is 8.11. The lowest BCUT2D eigenvalue weighted by Crippen LogP contribution is -2.33. The molecule has 2 atom stereocenters. The third-order valence-electron chi connectivity index (χ3n) is 2.32. The number of carbonyl (C=O) groups is 1. The van der Waals surface area contributed by atoms with Crippen LogP contribution in [0.25, 0.3) is 0 Å². The Bertz CT molecular complexity index is 427. The fraction of sp³-hybridized carbons (Fsp3) is 0.300. The molecule has 0 spiro atoms. The largest absolute Gasteiger partial charge is 0.480 e. The first-order valence-electron chi connectivity index (χ1n) is 4.63. The number of carboxylic acids is 1. The lowest BCUT2D eigenvalue weighted by atomic mass is 10.2. The fourth-order valence-electron chi connectivity index (χ4n) is 1.51. The number of carboxylic acid groups (broad SMARTS) is 1. The Morgan fingerprint density at radius 1 is 1.50 bits per heavy atom. The summed E-state index contributed by atoms with van der Waals surface area (Å²) in [6, 6.07) is 4.67. The molecule has 0 radical (unpaired) electrons. The highest BCUT2D eigenvalue weighted by molar-refractivity contribution is 7.99. The summed E-state index contributed by atoms with van der Waals surface area (Å²) in [5.74, 6) is -0.309. The molecule has 0 aliphatic carbocycles. The van der Waals surface area contributed by atoms with Gasteiger partial charge < -0.3 is 5.11 Å². The van der Waals surface area contributed by atoms with Crippen LogP contribution in [0.15, 0.2) is 18.2 Å². The number of nitrogens with one attached hydrogen (secondary N) is 1. The van der Waals surface area contributed by atoms with Crippen LogP contribution in [0.1, 0.15) is 10.9 Å². The molecule has 2 rings (SSSR count). The molecule has 2 N–H and O–H groups in total. The number of hydrogen-bond acceptors (Lipinski definition) is 3. The lowest BCUT2D eigenvalue weighted by Gasteiger charge is -2.13. The van der Waals surface area contributed by atoms with Gasteiger partial charge in [-0.15, -0.1) is 11.8 Å². The van der Waals surface area contributed by atoms with Gasteiger partial charge >= 0.3 is 5.97 Å². The summed E-state index contributed by atoms with van der Waals surface area (Å²) in [6.45, 7) is 0. The molecular weight excluding hydrogens is 269 g/mol. The number of aliphatic carboxylic acids is 1. The van der Waals surface area contributed by atoms with Crippen molar-refractivity contribution in [3.05, 3.63) is 33.8 Å². The highest BCUT2D eigenvalue weighted by Gasteiger charge is 2.31. The summed E-state index contributed by atoms with van der Waals surface area (Å²) in [5.41, 5.74) is 0.836. The maximum atomic E-state index is 10.8. The summed E-state index contributed by atoms with van der Waals surface area (Å²) in [5, 5.41) is 13.0. The zero-order valence-corrected chi connectivity index (χ0v) is 10.4. The van der Waals surface area contributed by atoms with Gasteiger partial charge in [0.05, 0.1) is 5.37 Å². The molecule has 0 saturated carbocycles. The van der Waals surface area contributed by atoms with Crippen molar-refractivity contribution in [1.29, 1.82) is 0 Å². The van der Waals surface area contributed by atoms with Crippen molar-refractivity contribution >= 4 is 40.9 Å². The average Bonchev–Trinajstić information content (AvgIpc) is 2.70. The molecule has 1 aromatic carbocycles. The van der Waals surface area contributed by atoms with Gasteiger partial charge in [-0.3, -0.25) is 10.1 Å². The van der Waals surface area contributed by atoms with E-state index in [9.17, 15) is 4.79 Å². The molecule has 16 heavy (non-hydrogen) atoms. The number of halogens is 2. The minimum atomic E-state index is -0.840. The van der Waals surface area contributed by atoms with E-state index in [1.54, 1.807) is 18.2 Å². The Morgan fingerprint density at radius 3 is 2.88 bits per heavy atom. The first kappa shape index (κ1) is 12.0. The van der Waals surface area contributed by atoms with E-state index in [0.717, 1.165) is 5.56 Å². The summed E-state index contributed by atoms with van der Waals surface area (Å²) < 4.78 is 0. The second kappa shape index (κ2) is 4.84. The third-order valence-corrected chi connectivity index (χ3v) is 4.15. The number of hydrogen-bond donors (Lipinski definition) is 2. The second-order valence-electron chi connectivity index (χ2n) is 3.44. The maximum absolute atomic E-state index is 10.8. The molecular formula is C10H9Cl2NO2S. The molecule has 3 nitrogen and oxygen atoms in total. The van der Waals surface area contributed by atoms with E-state index < -0.39 is 12.0 Å². The number of benzene rings is 1. The van der Waals surface area contributed by atoms with E-state index in [1.807, 2.05) is 0 Å². The van der Waals surface area contributed by atoms with E-state index in [2.05, 4.69) is 5.32 Å². The molecule has 1 aliphatic heterocycles. The Balaban J connectivity index is 2.20. The van der Waals surface area contributed by atoms with Crippen molar-refractivity contribution in [1.82, 2.24) is 5.32 Å². The van der Waals surface area contributed by atoms with Gasteiger partial charge in [-0.1, -0.05) is 23.2 Å². The van der Waals surface area contributed by atoms with Crippen molar-refractivity contribution in [3.63, 3.8) is 0 Å². The van der Waals surface area contributed by atoms with Crippen LogP contribution in [-0.2, 0) is 4.79 Å². The monoisotopic (exact) mass is 277 g/mol. The maximum Gasteiger partial charge on any atom is 0.321 e. The summed E-state index contributed by atoms with van der Waals surface area (Å²) in [4.78, 5) is 10.8. The average molecular weight is 278 g/mol. The molecule has 0 amide bonds. The molecule has 1 fully saturated rings. The topological polar surface area (TPSA) is 49.3 Å². The quantitative estimate of drug-likeness (QED) is 0.873. The van der Waals surface area contributed by atoms with E-state index in [1.165, 1.54) is 11.8 Å². The molecule has 0 aromatic heterocycles. The standard InChI is InChI=1S/C10H9Cl2NO2S/c11-5-1-2-7(12)6(3-5)9-13-8(4-16-9)10(14)15/h1-3,8-9,13H,4H2,(H,14,15). The van der Waals surface area contributed by atoms with Crippen molar-refractivity contribution in [2.24, 2.45) is 0 Å². The predicted molar refractivity (Wildman–Crippen MR) is 66.2 cm³/mol. The summed E-state index contributed by atoms with van der Waals surface area (Å²) in [6.07, 6.45) is 0. The van der Waals surface area contributed by atoms with Crippen LogP contribution in [0, 0.1) is 0 Å². The van der Waals surface area contributed by atoms with Gasteiger partial charge in [-0.05, 0) is 23.8 Å². The van der Waals surface area contributed by atoms with Crippen LogP contribution in [0.2, 0.25) is 10.0 Å².